The monoisotopic (exact) mass is 296 g/mol. The number of hydrogen-bond acceptors (Lipinski definition) is 3. The lowest BCUT2D eigenvalue weighted by Gasteiger charge is -2.07. The fraction of sp³-hybridized carbons (Fsp3) is 0.500. The van der Waals surface area contributed by atoms with Crippen molar-refractivity contribution in [3.05, 3.63) is 38.9 Å². The first kappa shape index (κ1) is 14.8. The molecule has 1 fully saturated rings. The van der Waals surface area contributed by atoms with Crippen molar-refractivity contribution in [2.24, 2.45) is 10.8 Å². The third-order valence-electron chi connectivity index (χ3n) is 4.70. The molecule has 108 valence electrons. The smallest absolute Gasteiger partial charge is 0.288 e. The number of carbonyl (C=O) groups is 1. The molecule has 0 atom stereocenters. The van der Waals surface area contributed by atoms with Crippen molar-refractivity contribution < 1.29 is 9.72 Å². The Bertz CT molecular complexity index is 582. The molecule has 2 rings (SSSR count). The Labute approximate surface area is 122 Å². The second kappa shape index (κ2) is 4.45. The molecule has 1 amide bonds. The number of hydrogen-bond donors (Lipinski definition) is 1. The number of amides is 1. The van der Waals surface area contributed by atoms with E-state index >= 15 is 0 Å². The van der Waals surface area contributed by atoms with Gasteiger partial charge in [-0.05, 0) is 23.0 Å². The Kier molecular flexibility index (Phi) is 3.29. The summed E-state index contributed by atoms with van der Waals surface area (Å²) in [5.74, 6) is -0.312. The molecule has 0 aliphatic heterocycles. The molecule has 1 aliphatic carbocycles. The van der Waals surface area contributed by atoms with Gasteiger partial charge in [0.25, 0.3) is 11.6 Å². The average molecular weight is 297 g/mol. The van der Waals surface area contributed by atoms with E-state index in [2.05, 4.69) is 33.0 Å². The summed E-state index contributed by atoms with van der Waals surface area (Å²) in [6.07, 6.45) is 0. The molecule has 5 nitrogen and oxygen atoms in total. The van der Waals surface area contributed by atoms with E-state index < -0.39 is 4.92 Å². The molecular formula is C14H17ClN2O3. The van der Waals surface area contributed by atoms with Crippen molar-refractivity contribution in [1.82, 2.24) is 5.32 Å². The molecule has 1 saturated carbocycles. The maximum Gasteiger partial charge on any atom is 0.288 e. The van der Waals surface area contributed by atoms with E-state index in [1.165, 1.54) is 18.2 Å². The van der Waals surface area contributed by atoms with Gasteiger partial charge in [0, 0.05) is 17.7 Å². The zero-order chi connectivity index (χ0) is 15.3. The third kappa shape index (κ3) is 2.16. The first-order valence-electron chi connectivity index (χ1n) is 6.34. The molecule has 0 unspecified atom stereocenters. The van der Waals surface area contributed by atoms with Gasteiger partial charge in [-0.3, -0.25) is 14.9 Å². The lowest BCUT2D eigenvalue weighted by Crippen LogP contribution is -2.29. The number of carbonyl (C=O) groups excluding carboxylic acids is 1. The number of halogens is 1. The molecule has 0 aromatic heterocycles. The van der Waals surface area contributed by atoms with Crippen LogP contribution in [0.3, 0.4) is 0 Å². The van der Waals surface area contributed by atoms with Gasteiger partial charge in [0.15, 0.2) is 0 Å². The molecule has 0 bridgehead atoms. The minimum atomic E-state index is -0.593. The van der Waals surface area contributed by atoms with Crippen molar-refractivity contribution in [3.8, 4) is 0 Å². The van der Waals surface area contributed by atoms with E-state index in [-0.39, 0.29) is 39.1 Å². The van der Waals surface area contributed by atoms with Crippen LogP contribution in [0.2, 0.25) is 5.02 Å². The molecule has 1 aliphatic rings. The Morgan fingerprint density at radius 1 is 1.30 bits per heavy atom. The minimum Gasteiger partial charge on any atom is -0.348 e. The summed E-state index contributed by atoms with van der Waals surface area (Å²) in [5, 5.41) is 13.8. The van der Waals surface area contributed by atoms with Crippen molar-refractivity contribution in [1.29, 1.82) is 0 Å². The first-order valence-corrected chi connectivity index (χ1v) is 6.71. The lowest BCUT2D eigenvalue weighted by atomic mass is 10.0. The highest BCUT2D eigenvalue weighted by Gasteiger charge is 2.65. The summed E-state index contributed by atoms with van der Waals surface area (Å²) in [5.41, 5.74) is 0.0235. The summed E-state index contributed by atoms with van der Waals surface area (Å²) < 4.78 is 0. The number of nitro groups is 1. The molecule has 6 heteroatoms. The number of rotatable bonds is 3. The standard InChI is InChI=1S/C14H17ClN2O3/c1-13(2)12(14(13,3)4)16-11(18)8-5-6-9(15)10(7-8)17(19)20/h5-7,12H,1-4H3,(H,16,18). The van der Waals surface area contributed by atoms with Crippen LogP contribution in [-0.4, -0.2) is 16.9 Å². The predicted octanol–water partition coefficient (Wildman–Crippen LogP) is 3.41. The van der Waals surface area contributed by atoms with Gasteiger partial charge < -0.3 is 5.32 Å². The molecule has 0 spiro atoms. The number of nitrogens with zero attached hydrogens (tertiary/aromatic N) is 1. The van der Waals surface area contributed by atoms with Gasteiger partial charge in [0.1, 0.15) is 5.02 Å². The maximum absolute atomic E-state index is 12.2. The molecule has 1 aromatic carbocycles. The zero-order valence-corrected chi connectivity index (χ0v) is 12.6. The summed E-state index contributed by atoms with van der Waals surface area (Å²) in [6, 6.07) is 4.13. The fourth-order valence-electron chi connectivity index (χ4n) is 2.57. The van der Waals surface area contributed by atoms with Crippen molar-refractivity contribution in [2.45, 2.75) is 33.7 Å². The molecule has 0 saturated heterocycles. The van der Waals surface area contributed by atoms with E-state index in [1.54, 1.807) is 0 Å². The highest BCUT2D eigenvalue weighted by Crippen LogP contribution is 2.62. The van der Waals surface area contributed by atoms with Crippen LogP contribution in [0.15, 0.2) is 18.2 Å². The van der Waals surface area contributed by atoms with Gasteiger partial charge in [0.05, 0.1) is 4.92 Å². The Hall–Kier alpha value is -1.62. The fourth-order valence-corrected chi connectivity index (χ4v) is 2.75. The van der Waals surface area contributed by atoms with Gasteiger partial charge in [-0.15, -0.1) is 0 Å². The minimum absolute atomic E-state index is 0.0149. The lowest BCUT2D eigenvalue weighted by molar-refractivity contribution is -0.384. The highest BCUT2D eigenvalue weighted by molar-refractivity contribution is 6.32. The molecule has 0 radical (unpaired) electrons. The van der Waals surface area contributed by atoms with E-state index in [1.807, 2.05) is 0 Å². The Balaban J connectivity index is 2.20. The quantitative estimate of drug-likeness (QED) is 0.686. The van der Waals surface area contributed by atoms with Crippen LogP contribution < -0.4 is 5.32 Å². The third-order valence-corrected chi connectivity index (χ3v) is 5.02. The van der Waals surface area contributed by atoms with Crippen molar-refractivity contribution in [3.63, 3.8) is 0 Å². The van der Waals surface area contributed by atoms with Crippen LogP contribution in [0.4, 0.5) is 5.69 Å². The summed E-state index contributed by atoms with van der Waals surface area (Å²) in [4.78, 5) is 22.4. The molecule has 0 heterocycles. The van der Waals surface area contributed by atoms with Crippen molar-refractivity contribution in [2.75, 3.05) is 0 Å². The molecule has 1 N–H and O–H groups in total. The predicted molar refractivity (Wildman–Crippen MR) is 76.9 cm³/mol. The number of benzene rings is 1. The molecule has 1 aromatic rings. The van der Waals surface area contributed by atoms with Crippen LogP contribution in [0.1, 0.15) is 38.1 Å². The van der Waals surface area contributed by atoms with E-state index in [0.717, 1.165) is 0 Å². The van der Waals surface area contributed by atoms with Crippen LogP contribution in [0.25, 0.3) is 0 Å². The maximum atomic E-state index is 12.2. The Morgan fingerprint density at radius 3 is 2.30 bits per heavy atom. The second-order valence-electron chi connectivity index (χ2n) is 6.27. The largest absolute Gasteiger partial charge is 0.348 e. The van der Waals surface area contributed by atoms with Crippen LogP contribution in [0.5, 0.6) is 0 Å². The first-order chi connectivity index (χ1) is 9.09. The van der Waals surface area contributed by atoms with Gasteiger partial charge in [-0.1, -0.05) is 39.3 Å². The average Bonchev–Trinajstić information content (AvgIpc) is 2.71. The highest BCUT2D eigenvalue weighted by atomic mass is 35.5. The van der Waals surface area contributed by atoms with Crippen LogP contribution >= 0.6 is 11.6 Å². The summed E-state index contributed by atoms with van der Waals surface area (Å²) in [7, 11) is 0. The van der Waals surface area contributed by atoms with Crippen LogP contribution in [0, 0.1) is 20.9 Å². The van der Waals surface area contributed by atoms with E-state index in [4.69, 9.17) is 11.6 Å². The number of nitrogens with one attached hydrogen (secondary N) is 1. The summed E-state index contributed by atoms with van der Waals surface area (Å²) in [6.45, 7) is 8.34. The van der Waals surface area contributed by atoms with Gasteiger partial charge in [0.2, 0.25) is 0 Å². The van der Waals surface area contributed by atoms with Gasteiger partial charge >= 0.3 is 0 Å². The zero-order valence-electron chi connectivity index (χ0n) is 11.9. The van der Waals surface area contributed by atoms with Crippen LogP contribution in [-0.2, 0) is 0 Å². The second-order valence-corrected chi connectivity index (χ2v) is 6.68. The normalized spacial score (nSPS) is 19.4. The number of nitro benzene ring substituents is 1. The van der Waals surface area contributed by atoms with E-state index in [0.29, 0.717) is 0 Å². The topological polar surface area (TPSA) is 72.2 Å². The molecular weight excluding hydrogens is 280 g/mol. The molecule has 20 heavy (non-hydrogen) atoms. The summed E-state index contributed by atoms with van der Waals surface area (Å²) >= 11 is 5.73. The SMILES string of the molecule is CC1(C)C(NC(=O)c2ccc(Cl)c([N+](=O)[O-])c2)C1(C)C. The van der Waals surface area contributed by atoms with Gasteiger partial charge in [-0.25, -0.2) is 0 Å². The van der Waals surface area contributed by atoms with Crippen molar-refractivity contribution >= 4 is 23.2 Å². The Morgan fingerprint density at radius 2 is 1.85 bits per heavy atom. The van der Waals surface area contributed by atoms with Gasteiger partial charge in [-0.2, -0.15) is 0 Å². The van der Waals surface area contributed by atoms with E-state index in [9.17, 15) is 14.9 Å².